The summed E-state index contributed by atoms with van der Waals surface area (Å²) in [4.78, 5) is 17.5. The van der Waals surface area contributed by atoms with Gasteiger partial charge in [-0.3, -0.25) is 0 Å². The molecule has 1 aliphatic rings. The Labute approximate surface area is 184 Å². The number of aromatic nitrogens is 2. The zero-order chi connectivity index (χ0) is 22.0. The predicted molar refractivity (Wildman–Crippen MR) is 115 cm³/mol. The summed E-state index contributed by atoms with van der Waals surface area (Å²) in [5, 5.41) is 3.94. The minimum absolute atomic E-state index is 0.381. The van der Waals surface area contributed by atoms with E-state index in [4.69, 9.17) is 18.7 Å². The minimum atomic E-state index is -0.569. The van der Waals surface area contributed by atoms with E-state index in [9.17, 15) is 4.79 Å². The smallest absolute Gasteiger partial charge is 0.420 e. The van der Waals surface area contributed by atoms with Crippen molar-refractivity contribution in [3.8, 4) is 28.6 Å². The number of hydrogen-bond acceptors (Lipinski definition) is 8. The van der Waals surface area contributed by atoms with E-state index in [1.165, 1.54) is 11.9 Å². The summed E-state index contributed by atoms with van der Waals surface area (Å²) < 4.78 is 23.9. The maximum absolute atomic E-state index is 12.5. The number of fused-ring (bicyclic) bond motifs is 1. The van der Waals surface area contributed by atoms with Gasteiger partial charge in [-0.15, -0.1) is 0 Å². The molecule has 3 aromatic rings. The number of benzene rings is 2. The summed E-state index contributed by atoms with van der Waals surface area (Å²) in [6, 6.07) is 12.9. The first-order valence-corrected chi connectivity index (χ1v) is 10.6. The molecule has 4 rings (SSSR count). The zero-order valence-corrected chi connectivity index (χ0v) is 18.6. The van der Waals surface area contributed by atoms with Crippen molar-refractivity contribution in [3.63, 3.8) is 0 Å². The van der Waals surface area contributed by atoms with Crippen LogP contribution < -0.4 is 9.47 Å². The first-order valence-electron chi connectivity index (χ1n) is 9.81. The lowest BCUT2D eigenvalue weighted by atomic mass is 10.2. The van der Waals surface area contributed by atoms with Crippen LogP contribution in [-0.4, -0.2) is 39.3 Å². The molecule has 8 nitrogen and oxygen atoms in total. The second-order valence-electron chi connectivity index (χ2n) is 7.90. The maximum atomic E-state index is 12.5. The molecule has 0 fully saturated rings. The molecule has 31 heavy (non-hydrogen) atoms. The molecule has 0 spiro atoms. The summed E-state index contributed by atoms with van der Waals surface area (Å²) in [6.07, 6.45) is -0.400. The van der Waals surface area contributed by atoms with Crippen LogP contribution in [0.1, 0.15) is 26.7 Å². The summed E-state index contributed by atoms with van der Waals surface area (Å²) >= 11 is 1.28. The quantitative estimate of drug-likeness (QED) is 0.494. The fraction of sp³-hybridized carbons (Fsp3) is 0.318. The fourth-order valence-corrected chi connectivity index (χ4v) is 3.74. The number of rotatable bonds is 3. The number of carbonyl (C=O) groups excluding carboxylic acids is 1. The molecular weight excluding hydrogens is 418 g/mol. The zero-order valence-electron chi connectivity index (χ0n) is 17.7. The largest absolute Gasteiger partial charge is 0.490 e. The standard InChI is InChI=1S/C22H23N3O5S/c1-14-23-20(24-30-14)15-6-5-7-16(12-15)28-17-8-9-18-19(13-17)31-25(10-11-27-18)21(26)29-22(2,3)4/h5-9,12-13H,10-11H2,1-4H3. The van der Waals surface area contributed by atoms with Gasteiger partial charge in [0.25, 0.3) is 0 Å². The molecule has 2 heterocycles. The van der Waals surface area contributed by atoms with Crippen molar-refractivity contribution >= 4 is 18.0 Å². The highest BCUT2D eigenvalue weighted by atomic mass is 32.2. The molecule has 0 saturated heterocycles. The first-order chi connectivity index (χ1) is 14.8. The second-order valence-corrected chi connectivity index (χ2v) is 8.96. The monoisotopic (exact) mass is 441 g/mol. The van der Waals surface area contributed by atoms with Crippen LogP contribution >= 0.6 is 11.9 Å². The van der Waals surface area contributed by atoms with E-state index in [1.807, 2.05) is 63.2 Å². The average Bonchev–Trinajstić information content (AvgIpc) is 3.02. The van der Waals surface area contributed by atoms with Gasteiger partial charge in [0, 0.05) is 12.5 Å². The van der Waals surface area contributed by atoms with E-state index >= 15 is 0 Å². The molecule has 0 N–H and O–H groups in total. The number of ether oxygens (including phenoxy) is 3. The van der Waals surface area contributed by atoms with Crippen LogP contribution in [-0.2, 0) is 4.74 Å². The summed E-state index contributed by atoms with van der Waals surface area (Å²) in [5.74, 6) is 2.94. The molecule has 0 bridgehead atoms. The van der Waals surface area contributed by atoms with Crippen LogP contribution in [0, 0.1) is 6.92 Å². The lowest BCUT2D eigenvalue weighted by Crippen LogP contribution is -2.34. The third-order valence-corrected chi connectivity index (χ3v) is 5.20. The van der Waals surface area contributed by atoms with Crippen LogP contribution in [0.5, 0.6) is 17.2 Å². The Morgan fingerprint density at radius 2 is 1.97 bits per heavy atom. The number of amides is 1. The molecule has 2 aromatic carbocycles. The number of hydrogen-bond donors (Lipinski definition) is 0. The fourth-order valence-electron chi connectivity index (χ4n) is 2.84. The Morgan fingerprint density at radius 1 is 1.16 bits per heavy atom. The van der Waals surface area contributed by atoms with E-state index in [1.54, 1.807) is 11.2 Å². The average molecular weight is 442 g/mol. The summed E-state index contributed by atoms with van der Waals surface area (Å²) in [5.41, 5.74) is 0.221. The Morgan fingerprint density at radius 3 is 2.71 bits per heavy atom. The third-order valence-electron chi connectivity index (χ3n) is 4.13. The Kier molecular flexibility index (Phi) is 5.77. The molecule has 0 unspecified atom stereocenters. The van der Waals surface area contributed by atoms with Crippen LogP contribution in [0.25, 0.3) is 11.4 Å². The van der Waals surface area contributed by atoms with Gasteiger partial charge in [-0.25, -0.2) is 9.10 Å². The molecule has 0 saturated carbocycles. The molecule has 162 valence electrons. The van der Waals surface area contributed by atoms with Crippen LogP contribution in [0.4, 0.5) is 4.79 Å². The van der Waals surface area contributed by atoms with E-state index < -0.39 is 11.7 Å². The van der Waals surface area contributed by atoms with Gasteiger partial charge in [-0.2, -0.15) is 4.98 Å². The van der Waals surface area contributed by atoms with Gasteiger partial charge >= 0.3 is 6.09 Å². The van der Waals surface area contributed by atoms with Gasteiger partial charge in [0.2, 0.25) is 11.7 Å². The van der Waals surface area contributed by atoms with Crippen molar-refractivity contribution in [3.05, 3.63) is 48.4 Å². The van der Waals surface area contributed by atoms with E-state index in [-0.39, 0.29) is 0 Å². The molecule has 0 aliphatic carbocycles. The van der Waals surface area contributed by atoms with Gasteiger partial charge in [-0.05, 0) is 63.1 Å². The predicted octanol–water partition coefficient (Wildman–Crippen LogP) is 5.47. The van der Waals surface area contributed by atoms with Crippen molar-refractivity contribution in [1.82, 2.24) is 14.4 Å². The SMILES string of the molecule is Cc1nc(-c2cccc(Oc3ccc4c(c3)SN(C(=O)OC(C)(C)C)CCO4)c2)no1. The Bertz CT molecular complexity index is 1090. The first kappa shape index (κ1) is 21.0. The van der Waals surface area contributed by atoms with Gasteiger partial charge in [0.05, 0.1) is 11.4 Å². The van der Waals surface area contributed by atoms with E-state index in [0.717, 1.165) is 10.5 Å². The Hall–Kier alpha value is -3.20. The minimum Gasteiger partial charge on any atom is -0.490 e. The molecule has 9 heteroatoms. The van der Waals surface area contributed by atoms with Crippen molar-refractivity contribution in [1.29, 1.82) is 0 Å². The van der Waals surface area contributed by atoms with E-state index in [0.29, 0.717) is 42.1 Å². The highest BCUT2D eigenvalue weighted by Crippen LogP contribution is 2.38. The molecule has 0 atom stereocenters. The van der Waals surface area contributed by atoms with Crippen LogP contribution in [0.2, 0.25) is 0 Å². The highest BCUT2D eigenvalue weighted by Gasteiger charge is 2.26. The molecule has 1 aliphatic heterocycles. The molecule has 1 amide bonds. The van der Waals surface area contributed by atoms with Crippen molar-refractivity contribution in [2.75, 3.05) is 13.2 Å². The molecule has 1 aromatic heterocycles. The lowest BCUT2D eigenvalue weighted by molar-refractivity contribution is 0.0394. The van der Waals surface area contributed by atoms with Crippen molar-refractivity contribution in [2.24, 2.45) is 0 Å². The highest BCUT2D eigenvalue weighted by molar-refractivity contribution is 7.97. The van der Waals surface area contributed by atoms with Crippen molar-refractivity contribution < 1.29 is 23.5 Å². The summed E-state index contributed by atoms with van der Waals surface area (Å²) in [6.45, 7) is 8.06. The number of aryl methyl sites for hydroxylation is 1. The van der Waals surface area contributed by atoms with Crippen LogP contribution in [0.3, 0.4) is 0 Å². The number of carbonyl (C=O) groups is 1. The van der Waals surface area contributed by atoms with E-state index in [2.05, 4.69) is 10.1 Å². The lowest BCUT2D eigenvalue weighted by Gasteiger charge is -2.25. The topological polar surface area (TPSA) is 86.9 Å². The maximum Gasteiger partial charge on any atom is 0.420 e. The van der Waals surface area contributed by atoms with Gasteiger partial charge in [-0.1, -0.05) is 17.3 Å². The normalized spacial score (nSPS) is 13.7. The Balaban J connectivity index is 1.52. The van der Waals surface area contributed by atoms with Gasteiger partial charge in [0.1, 0.15) is 29.5 Å². The molecule has 0 radical (unpaired) electrons. The second kappa shape index (κ2) is 8.50. The van der Waals surface area contributed by atoms with Gasteiger partial charge < -0.3 is 18.7 Å². The molecular formula is C22H23N3O5S. The number of nitrogens with zero attached hydrogens (tertiary/aromatic N) is 3. The van der Waals surface area contributed by atoms with Crippen LogP contribution in [0.15, 0.2) is 51.9 Å². The van der Waals surface area contributed by atoms with Crippen molar-refractivity contribution in [2.45, 2.75) is 38.2 Å². The summed E-state index contributed by atoms with van der Waals surface area (Å²) in [7, 11) is 0. The third kappa shape index (κ3) is 5.29. The van der Waals surface area contributed by atoms with Gasteiger partial charge in [0.15, 0.2) is 0 Å².